The average molecular weight is 320 g/mol. The smallest absolute Gasteiger partial charge is 0.263 e. The maximum Gasteiger partial charge on any atom is 0.263 e. The lowest BCUT2D eigenvalue weighted by Crippen LogP contribution is -2.15. The second-order valence-corrected chi connectivity index (χ2v) is 6.70. The number of anilines is 1. The van der Waals surface area contributed by atoms with Crippen LogP contribution < -0.4 is 9.46 Å². The second kappa shape index (κ2) is 6.79. The van der Waals surface area contributed by atoms with Crippen LogP contribution in [0.2, 0.25) is 0 Å². The van der Waals surface area contributed by atoms with Crippen molar-refractivity contribution in [3.05, 3.63) is 47.7 Å². The van der Waals surface area contributed by atoms with Crippen LogP contribution in [-0.2, 0) is 10.0 Å². The van der Waals surface area contributed by atoms with Crippen molar-refractivity contribution in [1.29, 1.82) is 0 Å². The maximum atomic E-state index is 12.6. The van der Waals surface area contributed by atoms with Gasteiger partial charge in [0.1, 0.15) is 11.6 Å². The summed E-state index contributed by atoms with van der Waals surface area (Å²) in [5.41, 5.74) is 1.59. The Kier molecular flexibility index (Phi) is 5.03. The Hall–Kier alpha value is -2.08. The van der Waals surface area contributed by atoms with Crippen molar-refractivity contribution in [2.24, 2.45) is 0 Å². The van der Waals surface area contributed by atoms with E-state index in [4.69, 9.17) is 4.74 Å². The Bertz CT molecular complexity index is 743. The Balaban J connectivity index is 2.37. The number of pyridine rings is 1. The molecule has 0 fully saturated rings. The van der Waals surface area contributed by atoms with E-state index in [1.54, 1.807) is 31.2 Å². The van der Waals surface area contributed by atoms with Gasteiger partial charge in [-0.1, -0.05) is 19.1 Å². The lowest BCUT2D eigenvalue weighted by Gasteiger charge is -2.14. The number of sulfonamides is 1. The summed E-state index contributed by atoms with van der Waals surface area (Å²) in [5.74, 6) is 0.882. The minimum atomic E-state index is -3.70. The lowest BCUT2D eigenvalue weighted by atomic mass is 10.1. The summed E-state index contributed by atoms with van der Waals surface area (Å²) in [6.45, 7) is 6.23. The molecule has 0 aliphatic carbocycles. The molecule has 0 amide bonds. The summed E-state index contributed by atoms with van der Waals surface area (Å²) in [5, 5.41) is 0. The van der Waals surface area contributed by atoms with Crippen LogP contribution in [0.1, 0.15) is 24.5 Å². The Morgan fingerprint density at radius 2 is 1.95 bits per heavy atom. The van der Waals surface area contributed by atoms with Gasteiger partial charge >= 0.3 is 0 Å². The summed E-state index contributed by atoms with van der Waals surface area (Å²) < 4.78 is 33.2. The highest BCUT2D eigenvalue weighted by Crippen LogP contribution is 2.27. The monoisotopic (exact) mass is 320 g/mol. The third kappa shape index (κ3) is 3.76. The van der Waals surface area contributed by atoms with E-state index in [-0.39, 0.29) is 4.90 Å². The lowest BCUT2D eigenvalue weighted by molar-refractivity contribution is 0.314. The number of hydrogen-bond acceptors (Lipinski definition) is 4. The fraction of sp³-hybridized carbons (Fsp3) is 0.312. The molecule has 22 heavy (non-hydrogen) atoms. The number of aryl methyl sites for hydroxylation is 2. The summed E-state index contributed by atoms with van der Waals surface area (Å²) in [6, 6.07) is 8.45. The van der Waals surface area contributed by atoms with Gasteiger partial charge in [-0.25, -0.2) is 13.4 Å². The number of ether oxygens (including phenoxy) is 1. The fourth-order valence-electron chi connectivity index (χ4n) is 2.09. The van der Waals surface area contributed by atoms with E-state index in [0.29, 0.717) is 23.7 Å². The standard InChI is InChI=1S/C16H20N2O3S/c1-4-9-21-14-11-15(13(3)10-12(14)2)22(19,20)18-16-7-5-6-8-17-16/h5-8,10-11H,4,9H2,1-3H3,(H,17,18). The molecule has 1 aromatic carbocycles. The minimum Gasteiger partial charge on any atom is -0.493 e. The molecule has 1 N–H and O–H groups in total. The molecule has 2 rings (SSSR count). The van der Waals surface area contributed by atoms with E-state index in [2.05, 4.69) is 9.71 Å². The van der Waals surface area contributed by atoms with Gasteiger partial charge in [0.05, 0.1) is 11.5 Å². The van der Waals surface area contributed by atoms with Crippen molar-refractivity contribution in [1.82, 2.24) is 4.98 Å². The van der Waals surface area contributed by atoms with Crippen LogP contribution in [0.15, 0.2) is 41.4 Å². The number of hydrogen-bond donors (Lipinski definition) is 1. The van der Waals surface area contributed by atoms with Crippen molar-refractivity contribution < 1.29 is 13.2 Å². The molecule has 6 heteroatoms. The first-order valence-corrected chi connectivity index (χ1v) is 8.60. The first-order valence-electron chi connectivity index (χ1n) is 7.12. The quantitative estimate of drug-likeness (QED) is 0.887. The molecule has 1 aromatic heterocycles. The van der Waals surface area contributed by atoms with Crippen LogP contribution in [0, 0.1) is 13.8 Å². The van der Waals surface area contributed by atoms with Gasteiger partial charge in [-0.3, -0.25) is 4.72 Å². The molecule has 0 saturated carbocycles. The zero-order valence-corrected chi connectivity index (χ0v) is 13.8. The first-order chi connectivity index (χ1) is 10.4. The predicted molar refractivity (Wildman–Crippen MR) is 86.7 cm³/mol. The topological polar surface area (TPSA) is 68.3 Å². The third-order valence-corrected chi connectivity index (χ3v) is 4.62. The van der Waals surface area contributed by atoms with Crippen molar-refractivity contribution >= 4 is 15.8 Å². The van der Waals surface area contributed by atoms with Crippen LogP contribution in [0.4, 0.5) is 5.82 Å². The van der Waals surface area contributed by atoms with E-state index < -0.39 is 10.0 Å². The molecule has 0 saturated heterocycles. The molecule has 1 heterocycles. The molecule has 0 radical (unpaired) electrons. The van der Waals surface area contributed by atoms with Gasteiger partial charge in [-0.2, -0.15) is 0 Å². The molecule has 0 aliphatic rings. The van der Waals surface area contributed by atoms with Gasteiger partial charge in [0.15, 0.2) is 0 Å². The van der Waals surface area contributed by atoms with Crippen LogP contribution >= 0.6 is 0 Å². The molecule has 0 aliphatic heterocycles. The highest BCUT2D eigenvalue weighted by atomic mass is 32.2. The molecule has 118 valence electrons. The van der Waals surface area contributed by atoms with Gasteiger partial charge in [-0.15, -0.1) is 0 Å². The molecule has 0 unspecified atom stereocenters. The molecular weight excluding hydrogens is 300 g/mol. The Morgan fingerprint density at radius 3 is 2.59 bits per heavy atom. The van der Waals surface area contributed by atoms with Gasteiger partial charge < -0.3 is 4.74 Å². The van der Waals surface area contributed by atoms with E-state index in [1.807, 2.05) is 19.9 Å². The molecule has 0 spiro atoms. The van der Waals surface area contributed by atoms with Crippen molar-refractivity contribution in [2.45, 2.75) is 32.1 Å². The number of nitrogens with zero attached hydrogens (tertiary/aromatic N) is 1. The molecule has 0 bridgehead atoms. The zero-order valence-electron chi connectivity index (χ0n) is 13.0. The summed E-state index contributed by atoms with van der Waals surface area (Å²) in [7, 11) is -3.70. The molecule has 2 aromatic rings. The van der Waals surface area contributed by atoms with Crippen molar-refractivity contribution in [2.75, 3.05) is 11.3 Å². The summed E-state index contributed by atoms with van der Waals surface area (Å²) in [4.78, 5) is 4.19. The van der Waals surface area contributed by atoms with Crippen LogP contribution in [-0.4, -0.2) is 20.0 Å². The second-order valence-electron chi connectivity index (χ2n) is 5.05. The summed E-state index contributed by atoms with van der Waals surface area (Å²) >= 11 is 0. The zero-order chi connectivity index (χ0) is 16.2. The minimum absolute atomic E-state index is 0.204. The number of benzene rings is 1. The van der Waals surface area contributed by atoms with Gasteiger partial charge in [-0.05, 0) is 43.5 Å². The predicted octanol–water partition coefficient (Wildman–Crippen LogP) is 3.29. The normalized spacial score (nSPS) is 11.2. The van der Waals surface area contributed by atoms with Gasteiger partial charge in [0.2, 0.25) is 0 Å². The highest BCUT2D eigenvalue weighted by Gasteiger charge is 2.19. The van der Waals surface area contributed by atoms with Crippen molar-refractivity contribution in [3.63, 3.8) is 0 Å². The van der Waals surface area contributed by atoms with E-state index >= 15 is 0 Å². The average Bonchev–Trinajstić information content (AvgIpc) is 2.46. The first kappa shape index (κ1) is 16.3. The van der Waals surface area contributed by atoms with Crippen LogP contribution in [0.5, 0.6) is 5.75 Å². The Morgan fingerprint density at radius 1 is 1.18 bits per heavy atom. The molecule has 0 atom stereocenters. The van der Waals surface area contributed by atoms with Crippen molar-refractivity contribution in [3.8, 4) is 5.75 Å². The summed E-state index contributed by atoms with van der Waals surface area (Å²) in [6.07, 6.45) is 2.40. The molecular formula is C16H20N2O3S. The number of nitrogens with one attached hydrogen (secondary N) is 1. The van der Waals surface area contributed by atoms with Crippen LogP contribution in [0.25, 0.3) is 0 Å². The number of aromatic nitrogens is 1. The fourth-order valence-corrected chi connectivity index (χ4v) is 3.34. The maximum absolute atomic E-state index is 12.6. The van der Waals surface area contributed by atoms with Gasteiger partial charge in [0, 0.05) is 12.3 Å². The van der Waals surface area contributed by atoms with E-state index in [9.17, 15) is 8.42 Å². The SMILES string of the molecule is CCCOc1cc(S(=O)(=O)Nc2ccccn2)c(C)cc1C. The highest BCUT2D eigenvalue weighted by molar-refractivity contribution is 7.92. The largest absolute Gasteiger partial charge is 0.493 e. The van der Waals surface area contributed by atoms with E-state index in [0.717, 1.165) is 12.0 Å². The van der Waals surface area contributed by atoms with Gasteiger partial charge in [0.25, 0.3) is 10.0 Å². The third-order valence-electron chi connectivity index (χ3n) is 3.13. The number of rotatable bonds is 6. The molecule has 5 nitrogen and oxygen atoms in total. The van der Waals surface area contributed by atoms with Crippen LogP contribution in [0.3, 0.4) is 0 Å². The van der Waals surface area contributed by atoms with E-state index in [1.165, 1.54) is 6.20 Å². The Labute approximate surface area is 131 Å².